The number of nitrogens with zero attached hydrogens (tertiary/aromatic N) is 2. The van der Waals surface area contributed by atoms with Crippen molar-refractivity contribution >= 4 is 29.9 Å². The van der Waals surface area contributed by atoms with Gasteiger partial charge in [0.2, 0.25) is 0 Å². The topological polar surface area (TPSA) is 67.4 Å². The summed E-state index contributed by atoms with van der Waals surface area (Å²) in [6.07, 6.45) is 4.57. The molecule has 0 amide bonds. The second kappa shape index (κ2) is 15.8. The van der Waals surface area contributed by atoms with Gasteiger partial charge in [0.1, 0.15) is 0 Å². The molecule has 0 aromatic heterocycles. The molecule has 0 spiro atoms. The van der Waals surface area contributed by atoms with E-state index in [1.807, 2.05) is 0 Å². The Hall–Kier alpha value is -0.940. The van der Waals surface area contributed by atoms with Crippen molar-refractivity contribution in [3.05, 3.63) is 35.4 Å². The maximum atomic E-state index is 6.07. The predicted molar refractivity (Wildman–Crippen MR) is 140 cm³/mol. The van der Waals surface area contributed by atoms with Gasteiger partial charge in [0.05, 0.1) is 25.9 Å². The summed E-state index contributed by atoms with van der Waals surface area (Å²) < 4.78 is 16.7. The van der Waals surface area contributed by atoms with Gasteiger partial charge in [0, 0.05) is 52.5 Å². The monoisotopic (exact) mass is 560 g/mol. The van der Waals surface area contributed by atoms with Gasteiger partial charge in [0.25, 0.3) is 0 Å². The van der Waals surface area contributed by atoms with Gasteiger partial charge in [0.15, 0.2) is 5.96 Å². The van der Waals surface area contributed by atoms with Crippen LogP contribution in [0, 0.1) is 0 Å². The minimum absolute atomic E-state index is 0. The summed E-state index contributed by atoms with van der Waals surface area (Å²) in [6, 6.07) is 9.05. The maximum Gasteiger partial charge on any atom is 0.191 e. The Bertz CT molecular complexity index is 662. The number of ether oxygens (including phenoxy) is 3. The van der Waals surface area contributed by atoms with E-state index >= 15 is 0 Å². The fraction of sp³-hybridized carbons (Fsp3) is 0.708. The summed E-state index contributed by atoms with van der Waals surface area (Å²) >= 11 is 0. The van der Waals surface area contributed by atoms with Crippen LogP contribution in [0.3, 0.4) is 0 Å². The Morgan fingerprint density at radius 2 is 1.91 bits per heavy atom. The molecular formula is C24H41IN4O3. The van der Waals surface area contributed by atoms with Gasteiger partial charge in [-0.1, -0.05) is 24.3 Å². The molecule has 7 nitrogen and oxygen atoms in total. The Kier molecular flexibility index (Phi) is 13.5. The Labute approximate surface area is 210 Å². The summed E-state index contributed by atoms with van der Waals surface area (Å²) in [7, 11) is 1.77. The highest BCUT2D eigenvalue weighted by Crippen LogP contribution is 2.15. The minimum atomic E-state index is 0. The van der Waals surface area contributed by atoms with E-state index in [4.69, 9.17) is 19.2 Å². The van der Waals surface area contributed by atoms with Crippen LogP contribution in [0.2, 0.25) is 0 Å². The van der Waals surface area contributed by atoms with Crippen molar-refractivity contribution in [2.75, 3.05) is 53.1 Å². The van der Waals surface area contributed by atoms with Crippen LogP contribution in [-0.4, -0.2) is 76.1 Å². The molecule has 3 rings (SSSR count). The van der Waals surface area contributed by atoms with Gasteiger partial charge in [-0.25, -0.2) is 4.99 Å². The first kappa shape index (κ1) is 27.3. The maximum absolute atomic E-state index is 6.07. The lowest BCUT2D eigenvalue weighted by atomic mass is 10.1. The molecule has 2 aliphatic rings. The second-order valence-corrected chi connectivity index (χ2v) is 8.39. The third-order valence-corrected chi connectivity index (χ3v) is 5.95. The number of piperidine rings is 1. The first-order valence-corrected chi connectivity index (χ1v) is 11.8. The van der Waals surface area contributed by atoms with Crippen molar-refractivity contribution in [2.45, 2.75) is 57.9 Å². The van der Waals surface area contributed by atoms with E-state index in [1.54, 1.807) is 7.11 Å². The molecule has 2 N–H and O–H groups in total. The van der Waals surface area contributed by atoms with Gasteiger partial charge in [-0.15, -0.1) is 24.0 Å². The second-order valence-electron chi connectivity index (χ2n) is 8.39. The van der Waals surface area contributed by atoms with Crippen molar-refractivity contribution in [1.29, 1.82) is 0 Å². The Morgan fingerprint density at radius 1 is 1.16 bits per heavy atom. The van der Waals surface area contributed by atoms with Crippen molar-refractivity contribution in [2.24, 2.45) is 4.99 Å². The molecule has 1 aromatic carbocycles. The lowest BCUT2D eigenvalue weighted by Crippen LogP contribution is -2.49. The van der Waals surface area contributed by atoms with Crippen LogP contribution in [0.15, 0.2) is 29.3 Å². The normalized spacial score (nSPS) is 18.9. The molecule has 1 aromatic rings. The standard InChI is InChI=1S/C24H40N4O3.HI/c1-3-25-24(27-22-7-11-28(12-8-22)13-16-29-2)26-18-20-5-4-6-21(17-20)19-31-23-9-14-30-15-10-23;/h4-6,17,22-23H,3,7-16,18-19H2,1-2H3,(H2,25,26,27);1H. The van der Waals surface area contributed by atoms with Crippen molar-refractivity contribution in [3.63, 3.8) is 0 Å². The molecule has 2 saturated heterocycles. The van der Waals surface area contributed by atoms with Crippen LogP contribution < -0.4 is 10.6 Å². The van der Waals surface area contributed by atoms with Crippen LogP contribution in [-0.2, 0) is 27.4 Å². The zero-order valence-electron chi connectivity index (χ0n) is 19.7. The molecule has 0 saturated carbocycles. The molecule has 32 heavy (non-hydrogen) atoms. The highest BCUT2D eigenvalue weighted by molar-refractivity contribution is 14.0. The first-order valence-electron chi connectivity index (χ1n) is 11.8. The van der Waals surface area contributed by atoms with Crippen LogP contribution in [0.4, 0.5) is 0 Å². The predicted octanol–water partition coefficient (Wildman–Crippen LogP) is 3.17. The Balaban J connectivity index is 0.00000363. The SMILES string of the molecule is CCNC(=NCc1cccc(COC2CCOCC2)c1)NC1CCN(CCOC)CC1.I. The van der Waals surface area contributed by atoms with Gasteiger partial charge < -0.3 is 29.7 Å². The number of aliphatic imine (C=N–C) groups is 1. The van der Waals surface area contributed by atoms with E-state index in [0.717, 1.165) is 77.6 Å². The third-order valence-electron chi connectivity index (χ3n) is 5.95. The fourth-order valence-corrected chi connectivity index (χ4v) is 4.08. The van der Waals surface area contributed by atoms with Gasteiger partial charge in [-0.05, 0) is 43.7 Å². The molecule has 0 bridgehead atoms. The van der Waals surface area contributed by atoms with E-state index in [0.29, 0.717) is 25.3 Å². The minimum Gasteiger partial charge on any atom is -0.383 e. The van der Waals surface area contributed by atoms with Crippen LogP contribution in [0.5, 0.6) is 0 Å². The number of methoxy groups -OCH3 is 1. The summed E-state index contributed by atoms with van der Waals surface area (Å²) in [5.74, 6) is 0.904. The summed E-state index contributed by atoms with van der Waals surface area (Å²) in [5.41, 5.74) is 2.42. The first-order chi connectivity index (χ1) is 15.3. The van der Waals surface area contributed by atoms with Crippen molar-refractivity contribution in [3.8, 4) is 0 Å². The van der Waals surface area contributed by atoms with E-state index in [9.17, 15) is 0 Å². The molecule has 2 aliphatic heterocycles. The number of halogens is 1. The van der Waals surface area contributed by atoms with Crippen molar-refractivity contribution < 1.29 is 14.2 Å². The molecule has 2 heterocycles. The van der Waals surface area contributed by atoms with E-state index in [-0.39, 0.29) is 24.0 Å². The molecule has 0 aliphatic carbocycles. The molecular weight excluding hydrogens is 519 g/mol. The lowest BCUT2D eigenvalue weighted by Gasteiger charge is -2.32. The number of rotatable bonds is 10. The van der Waals surface area contributed by atoms with E-state index < -0.39 is 0 Å². The molecule has 8 heteroatoms. The number of nitrogens with one attached hydrogen (secondary N) is 2. The number of likely N-dealkylation sites (tertiary alicyclic amines) is 1. The number of guanidine groups is 1. The average molecular weight is 561 g/mol. The fourth-order valence-electron chi connectivity index (χ4n) is 4.08. The van der Waals surface area contributed by atoms with Crippen molar-refractivity contribution in [1.82, 2.24) is 15.5 Å². The number of benzene rings is 1. The molecule has 182 valence electrons. The Morgan fingerprint density at radius 3 is 2.62 bits per heavy atom. The van der Waals surface area contributed by atoms with Crippen LogP contribution in [0.1, 0.15) is 43.7 Å². The van der Waals surface area contributed by atoms with Crippen LogP contribution >= 0.6 is 24.0 Å². The zero-order chi connectivity index (χ0) is 21.7. The molecule has 0 atom stereocenters. The van der Waals surface area contributed by atoms with Gasteiger partial charge >= 0.3 is 0 Å². The smallest absolute Gasteiger partial charge is 0.191 e. The average Bonchev–Trinajstić information content (AvgIpc) is 2.82. The zero-order valence-corrected chi connectivity index (χ0v) is 22.0. The van der Waals surface area contributed by atoms with Crippen LogP contribution in [0.25, 0.3) is 0 Å². The van der Waals surface area contributed by atoms with E-state index in [2.05, 4.69) is 46.7 Å². The van der Waals surface area contributed by atoms with Gasteiger partial charge in [-0.2, -0.15) is 0 Å². The lowest BCUT2D eigenvalue weighted by molar-refractivity contribution is -0.0390. The molecule has 2 fully saturated rings. The third kappa shape index (κ3) is 9.91. The quantitative estimate of drug-likeness (QED) is 0.261. The highest BCUT2D eigenvalue weighted by atomic mass is 127. The summed E-state index contributed by atoms with van der Waals surface area (Å²) in [5, 5.41) is 7.03. The van der Waals surface area contributed by atoms with Gasteiger partial charge in [-0.3, -0.25) is 0 Å². The summed E-state index contributed by atoms with van der Waals surface area (Å²) in [6.45, 7) is 9.95. The summed E-state index contributed by atoms with van der Waals surface area (Å²) in [4.78, 5) is 7.31. The highest BCUT2D eigenvalue weighted by Gasteiger charge is 2.19. The largest absolute Gasteiger partial charge is 0.383 e. The molecule has 0 unspecified atom stereocenters. The number of hydrogen-bond acceptors (Lipinski definition) is 5. The molecule has 0 radical (unpaired) electrons. The van der Waals surface area contributed by atoms with E-state index in [1.165, 1.54) is 11.1 Å². The number of hydrogen-bond donors (Lipinski definition) is 2.